The van der Waals surface area contributed by atoms with Crippen molar-refractivity contribution in [3.63, 3.8) is 0 Å². The van der Waals surface area contributed by atoms with E-state index in [2.05, 4.69) is 22.0 Å². The maximum absolute atomic E-state index is 12.3. The molecule has 1 aromatic carbocycles. The van der Waals surface area contributed by atoms with Gasteiger partial charge in [0.2, 0.25) is 0 Å². The van der Waals surface area contributed by atoms with Gasteiger partial charge in [-0.15, -0.1) is 0 Å². The molecule has 1 aliphatic heterocycles. The molecule has 0 amide bonds. The van der Waals surface area contributed by atoms with E-state index in [0.717, 1.165) is 18.7 Å². The second-order valence-electron chi connectivity index (χ2n) is 5.39. The van der Waals surface area contributed by atoms with E-state index in [9.17, 15) is 8.78 Å². The molecule has 0 radical (unpaired) electrons. The van der Waals surface area contributed by atoms with Crippen LogP contribution in [0.1, 0.15) is 18.4 Å². The fourth-order valence-corrected chi connectivity index (χ4v) is 2.71. The van der Waals surface area contributed by atoms with Crippen LogP contribution in [0.15, 0.2) is 24.3 Å². The van der Waals surface area contributed by atoms with Crippen LogP contribution < -0.4 is 10.1 Å². The van der Waals surface area contributed by atoms with E-state index in [1.807, 2.05) is 12.1 Å². The molecule has 1 unspecified atom stereocenters. The average Bonchev–Trinajstić information content (AvgIpc) is 2.40. The summed E-state index contributed by atoms with van der Waals surface area (Å²) < 4.78 is 29.1. The molecule has 1 atom stereocenters. The Balaban J connectivity index is 1.81. The van der Waals surface area contributed by atoms with Gasteiger partial charge in [0.15, 0.2) is 0 Å². The van der Waals surface area contributed by atoms with Gasteiger partial charge in [-0.3, -0.25) is 0 Å². The monoisotopic (exact) mass is 284 g/mol. The van der Waals surface area contributed by atoms with Crippen LogP contribution in [0, 0.1) is 5.92 Å². The summed E-state index contributed by atoms with van der Waals surface area (Å²) in [4.78, 5) is 2.34. The molecule has 0 spiro atoms. The van der Waals surface area contributed by atoms with Crippen molar-refractivity contribution in [2.24, 2.45) is 5.92 Å². The molecule has 1 aromatic rings. The molecule has 0 saturated carbocycles. The maximum atomic E-state index is 12.3. The highest BCUT2D eigenvalue weighted by Crippen LogP contribution is 2.20. The summed E-state index contributed by atoms with van der Waals surface area (Å²) in [7, 11) is 2.14. The molecule has 1 saturated heterocycles. The number of benzene rings is 1. The van der Waals surface area contributed by atoms with Gasteiger partial charge in [0.25, 0.3) is 0 Å². The zero-order chi connectivity index (χ0) is 14.4. The molecule has 3 nitrogen and oxygen atoms in total. The average molecular weight is 284 g/mol. The first-order valence-electron chi connectivity index (χ1n) is 7.07. The predicted octanol–water partition coefficient (Wildman–Crippen LogP) is 2.72. The van der Waals surface area contributed by atoms with Gasteiger partial charge in [0.1, 0.15) is 5.75 Å². The minimum Gasteiger partial charge on any atom is -0.434 e. The third-order valence-electron chi connectivity index (χ3n) is 3.66. The molecule has 0 bridgehead atoms. The van der Waals surface area contributed by atoms with Crippen LogP contribution in [0.3, 0.4) is 0 Å². The Labute approximate surface area is 118 Å². The molecule has 0 aliphatic carbocycles. The first-order chi connectivity index (χ1) is 9.65. The number of hydrogen-bond acceptors (Lipinski definition) is 3. The Bertz CT molecular complexity index is 415. The van der Waals surface area contributed by atoms with Crippen molar-refractivity contribution in [1.29, 1.82) is 0 Å². The van der Waals surface area contributed by atoms with E-state index < -0.39 is 6.61 Å². The maximum Gasteiger partial charge on any atom is 0.387 e. The summed E-state index contributed by atoms with van der Waals surface area (Å²) in [5, 5.41) is 3.35. The Morgan fingerprint density at radius 2 is 2.20 bits per heavy atom. The number of rotatable bonds is 6. The molecule has 1 N–H and O–H groups in total. The number of alkyl halides is 2. The predicted molar refractivity (Wildman–Crippen MR) is 75.0 cm³/mol. The van der Waals surface area contributed by atoms with Gasteiger partial charge < -0.3 is 15.0 Å². The van der Waals surface area contributed by atoms with Crippen molar-refractivity contribution in [3.8, 4) is 5.75 Å². The minimum atomic E-state index is -2.77. The molecule has 2 rings (SSSR count). The lowest BCUT2D eigenvalue weighted by Crippen LogP contribution is -2.37. The summed E-state index contributed by atoms with van der Waals surface area (Å²) in [6, 6.07) is 6.94. The number of nitrogens with one attached hydrogen (secondary N) is 1. The first-order valence-corrected chi connectivity index (χ1v) is 7.07. The van der Waals surface area contributed by atoms with Gasteiger partial charge in [-0.25, -0.2) is 0 Å². The van der Waals surface area contributed by atoms with Gasteiger partial charge in [0.05, 0.1) is 0 Å². The molecule has 20 heavy (non-hydrogen) atoms. The van der Waals surface area contributed by atoms with Crippen LogP contribution in [0.25, 0.3) is 0 Å². The van der Waals surface area contributed by atoms with Crippen molar-refractivity contribution < 1.29 is 13.5 Å². The largest absolute Gasteiger partial charge is 0.434 e. The van der Waals surface area contributed by atoms with Crippen molar-refractivity contribution in [2.75, 3.05) is 26.7 Å². The molecule has 5 heteroatoms. The van der Waals surface area contributed by atoms with E-state index in [4.69, 9.17) is 0 Å². The molecular weight excluding hydrogens is 262 g/mol. The van der Waals surface area contributed by atoms with E-state index in [1.54, 1.807) is 12.1 Å². The van der Waals surface area contributed by atoms with Crippen molar-refractivity contribution in [1.82, 2.24) is 10.2 Å². The van der Waals surface area contributed by atoms with Gasteiger partial charge >= 0.3 is 6.61 Å². The molecular formula is C15H22F2N2O. The lowest BCUT2D eigenvalue weighted by Gasteiger charge is -2.29. The minimum absolute atomic E-state index is 0.260. The number of ether oxygens (including phenoxy) is 1. The lowest BCUT2D eigenvalue weighted by molar-refractivity contribution is -0.0505. The summed E-state index contributed by atoms with van der Waals surface area (Å²) in [5.74, 6) is 0.896. The fourth-order valence-electron chi connectivity index (χ4n) is 2.71. The molecule has 0 aromatic heterocycles. The topological polar surface area (TPSA) is 24.5 Å². The molecule has 1 aliphatic rings. The van der Waals surface area contributed by atoms with Gasteiger partial charge in [-0.1, -0.05) is 18.2 Å². The highest BCUT2D eigenvalue weighted by atomic mass is 19.3. The Morgan fingerprint density at radius 1 is 1.40 bits per heavy atom. The standard InChI is InChI=1S/C15H22F2N2O/c1-19-8-4-5-12(11-19)9-18-10-13-6-2-3-7-14(13)20-15(16)17/h2-3,6-7,12,15,18H,4-5,8-11H2,1H3. The van der Waals surface area contributed by atoms with Crippen molar-refractivity contribution in [2.45, 2.75) is 26.0 Å². The molecule has 112 valence electrons. The van der Waals surface area contributed by atoms with Crippen LogP contribution in [0.5, 0.6) is 5.75 Å². The number of nitrogens with zero attached hydrogens (tertiary/aromatic N) is 1. The number of likely N-dealkylation sites (tertiary alicyclic amines) is 1. The Kier molecular flexibility index (Phi) is 5.73. The van der Waals surface area contributed by atoms with Crippen molar-refractivity contribution in [3.05, 3.63) is 29.8 Å². The quantitative estimate of drug-likeness (QED) is 0.869. The lowest BCUT2D eigenvalue weighted by atomic mass is 9.98. The van der Waals surface area contributed by atoms with Crippen molar-refractivity contribution >= 4 is 0 Å². The number of piperidine rings is 1. The SMILES string of the molecule is CN1CCCC(CNCc2ccccc2OC(F)F)C1. The summed E-state index contributed by atoms with van der Waals surface area (Å²) in [6.07, 6.45) is 2.46. The van der Waals surface area contributed by atoms with Crippen LogP contribution >= 0.6 is 0 Å². The zero-order valence-electron chi connectivity index (χ0n) is 11.8. The number of para-hydroxylation sites is 1. The van der Waals surface area contributed by atoms with Crippen LogP contribution in [0.2, 0.25) is 0 Å². The van der Waals surface area contributed by atoms with Crippen LogP contribution in [-0.4, -0.2) is 38.2 Å². The highest BCUT2D eigenvalue weighted by Gasteiger charge is 2.16. The number of halogens is 2. The van der Waals surface area contributed by atoms with Gasteiger partial charge in [-0.2, -0.15) is 8.78 Å². The van der Waals surface area contributed by atoms with E-state index >= 15 is 0 Å². The Hall–Kier alpha value is -1.20. The smallest absolute Gasteiger partial charge is 0.387 e. The summed E-state index contributed by atoms with van der Waals surface area (Å²) in [6.45, 7) is 0.961. The normalized spacial score (nSPS) is 20.3. The first kappa shape index (κ1) is 15.2. The third-order valence-corrected chi connectivity index (χ3v) is 3.66. The summed E-state index contributed by atoms with van der Waals surface area (Å²) in [5.41, 5.74) is 0.775. The second kappa shape index (κ2) is 7.55. The second-order valence-corrected chi connectivity index (χ2v) is 5.39. The van der Waals surface area contributed by atoms with Gasteiger partial charge in [0, 0.05) is 18.7 Å². The van der Waals surface area contributed by atoms with Crippen LogP contribution in [-0.2, 0) is 6.54 Å². The summed E-state index contributed by atoms with van der Waals surface area (Å²) >= 11 is 0. The van der Waals surface area contributed by atoms with Gasteiger partial charge in [-0.05, 0) is 45.0 Å². The number of hydrogen-bond donors (Lipinski definition) is 1. The third kappa shape index (κ3) is 4.72. The van der Waals surface area contributed by atoms with E-state index in [1.165, 1.54) is 19.4 Å². The van der Waals surface area contributed by atoms with E-state index in [-0.39, 0.29) is 5.75 Å². The van der Waals surface area contributed by atoms with E-state index in [0.29, 0.717) is 12.5 Å². The zero-order valence-corrected chi connectivity index (χ0v) is 11.8. The highest BCUT2D eigenvalue weighted by molar-refractivity contribution is 5.33. The molecule has 1 heterocycles. The van der Waals surface area contributed by atoms with Crippen LogP contribution in [0.4, 0.5) is 8.78 Å². The fraction of sp³-hybridized carbons (Fsp3) is 0.600. The molecule has 1 fully saturated rings. The Morgan fingerprint density at radius 3 is 2.95 bits per heavy atom.